The van der Waals surface area contributed by atoms with E-state index in [9.17, 15) is 13.2 Å². The van der Waals surface area contributed by atoms with E-state index in [1.54, 1.807) is 31.2 Å². The summed E-state index contributed by atoms with van der Waals surface area (Å²) in [6.45, 7) is 2.36. The Balaban J connectivity index is 2.20. The predicted molar refractivity (Wildman–Crippen MR) is 94.2 cm³/mol. The molecular formula is C18H21NO4S. The highest BCUT2D eigenvalue weighted by Gasteiger charge is 2.18. The molecular weight excluding hydrogens is 326 g/mol. The molecule has 0 unspecified atom stereocenters. The van der Waals surface area contributed by atoms with Crippen LogP contribution >= 0.6 is 0 Å². The van der Waals surface area contributed by atoms with Crippen LogP contribution < -0.4 is 4.31 Å². The second kappa shape index (κ2) is 7.97. The lowest BCUT2D eigenvalue weighted by molar-refractivity contribution is -0.142. The Morgan fingerprint density at radius 1 is 1.00 bits per heavy atom. The van der Waals surface area contributed by atoms with Crippen LogP contribution in [0.4, 0.5) is 5.69 Å². The molecule has 6 heteroatoms. The first-order chi connectivity index (χ1) is 11.4. The van der Waals surface area contributed by atoms with Gasteiger partial charge in [-0.3, -0.25) is 9.10 Å². The average molecular weight is 347 g/mol. The SMILES string of the molecule is CCOC(=O)Cc1ccc(N(Cc2ccccc2)S(C)(=O)=O)cc1. The molecule has 0 aliphatic heterocycles. The standard InChI is InChI=1S/C18H21NO4S/c1-3-23-18(20)13-15-9-11-17(12-10-15)19(24(2,21)22)14-16-7-5-4-6-8-16/h4-12H,3,13-14H2,1-2H3. The zero-order valence-electron chi connectivity index (χ0n) is 13.8. The number of carbonyl (C=O) groups is 1. The van der Waals surface area contributed by atoms with Crippen molar-refractivity contribution in [1.82, 2.24) is 0 Å². The zero-order chi connectivity index (χ0) is 17.6. The highest BCUT2D eigenvalue weighted by Crippen LogP contribution is 2.21. The maximum absolute atomic E-state index is 12.1. The Bertz CT molecular complexity index is 770. The topological polar surface area (TPSA) is 63.7 Å². The second-order valence-electron chi connectivity index (χ2n) is 5.40. The van der Waals surface area contributed by atoms with Gasteiger partial charge in [0, 0.05) is 0 Å². The maximum Gasteiger partial charge on any atom is 0.310 e. The number of carbonyl (C=O) groups excluding carboxylic acids is 1. The van der Waals surface area contributed by atoms with Crippen LogP contribution in [0, 0.1) is 0 Å². The molecule has 0 aliphatic rings. The molecule has 0 bridgehead atoms. The minimum Gasteiger partial charge on any atom is -0.466 e. The summed E-state index contributed by atoms with van der Waals surface area (Å²) in [7, 11) is -3.42. The lowest BCUT2D eigenvalue weighted by atomic mass is 10.1. The predicted octanol–water partition coefficient (Wildman–Crippen LogP) is 2.76. The van der Waals surface area contributed by atoms with Gasteiger partial charge >= 0.3 is 5.97 Å². The third-order valence-electron chi connectivity index (χ3n) is 3.45. The lowest BCUT2D eigenvalue weighted by Crippen LogP contribution is -2.29. The molecule has 2 aromatic rings. The summed E-state index contributed by atoms with van der Waals surface area (Å²) in [4.78, 5) is 11.5. The third kappa shape index (κ3) is 5.09. The van der Waals surface area contributed by atoms with Crippen LogP contribution in [0.5, 0.6) is 0 Å². The number of rotatable bonds is 7. The lowest BCUT2D eigenvalue weighted by Gasteiger charge is -2.22. The molecule has 0 amide bonds. The highest BCUT2D eigenvalue weighted by atomic mass is 32.2. The molecule has 128 valence electrons. The van der Waals surface area contributed by atoms with E-state index in [2.05, 4.69) is 0 Å². The molecule has 2 aromatic carbocycles. The van der Waals surface area contributed by atoms with Crippen molar-refractivity contribution in [1.29, 1.82) is 0 Å². The number of anilines is 1. The van der Waals surface area contributed by atoms with E-state index in [0.29, 0.717) is 12.3 Å². The smallest absolute Gasteiger partial charge is 0.310 e. The summed E-state index contributed by atoms with van der Waals surface area (Å²) in [5.74, 6) is -0.297. The Kier molecular flexibility index (Phi) is 5.98. The molecule has 0 aromatic heterocycles. The summed E-state index contributed by atoms with van der Waals surface area (Å²) >= 11 is 0. The number of esters is 1. The van der Waals surface area contributed by atoms with Crippen molar-refractivity contribution in [3.05, 3.63) is 65.7 Å². The monoisotopic (exact) mass is 347 g/mol. The molecule has 0 radical (unpaired) electrons. The minimum atomic E-state index is -3.42. The van der Waals surface area contributed by atoms with Crippen molar-refractivity contribution in [2.24, 2.45) is 0 Å². The van der Waals surface area contributed by atoms with Crippen molar-refractivity contribution in [3.8, 4) is 0 Å². The Labute approximate surface area is 142 Å². The van der Waals surface area contributed by atoms with Crippen LogP contribution in [-0.4, -0.2) is 27.2 Å². The molecule has 2 rings (SSSR count). The van der Waals surface area contributed by atoms with E-state index in [0.717, 1.165) is 11.1 Å². The van der Waals surface area contributed by atoms with E-state index < -0.39 is 10.0 Å². The van der Waals surface area contributed by atoms with Gasteiger partial charge in [0.15, 0.2) is 0 Å². The van der Waals surface area contributed by atoms with Gasteiger partial charge < -0.3 is 4.74 Å². The molecule has 0 saturated heterocycles. The maximum atomic E-state index is 12.1. The van der Waals surface area contributed by atoms with Crippen molar-refractivity contribution >= 4 is 21.7 Å². The molecule has 24 heavy (non-hydrogen) atoms. The van der Waals surface area contributed by atoms with E-state index in [-0.39, 0.29) is 18.9 Å². The largest absolute Gasteiger partial charge is 0.466 e. The van der Waals surface area contributed by atoms with Gasteiger partial charge in [-0.2, -0.15) is 0 Å². The van der Waals surface area contributed by atoms with Crippen LogP contribution in [-0.2, 0) is 32.5 Å². The van der Waals surface area contributed by atoms with Crippen molar-refractivity contribution in [2.45, 2.75) is 19.9 Å². The van der Waals surface area contributed by atoms with E-state index >= 15 is 0 Å². The summed E-state index contributed by atoms with van der Waals surface area (Å²) in [5.41, 5.74) is 2.25. The van der Waals surface area contributed by atoms with E-state index in [1.165, 1.54) is 10.6 Å². The van der Waals surface area contributed by atoms with Gasteiger partial charge in [-0.15, -0.1) is 0 Å². The first-order valence-electron chi connectivity index (χ1n) is 7.66. The molecule has 0 heterocycles. The quantitative estimate of drug-likeness (QED) is 0.723. The fourth-order valence-electron chi connectivity index (χ4n) is 2.31. The minimum absolute atomic E-state index is 0.172. The van der Waals surface area contributed by atoms with Gasteiger partial charge in [0.2, 0.25) is 10.0 Å². The Hall–Kier alpha value is -2.34. The number of sulfonamides is 1. The number of nitrogens with zero attached hydrogens (tertiary/aromatic N) is 1. The highest BCUT2D eigenvalue weighted by molar-refractivity contribution is 7.92. The number of ether oxygens (including phenoxy) is 1. The number of benzene rings is 2. The molecule has 0 aliphatic carbocycles. The van der Waals surface area contributed by atoms with Gasteiger partial charge in [-0.25, -0.2) is 8.42 Å². The number of hydrogen-bond acceptors (Lipinski definition) is 4. The summed E-state index contributed by atoms with van der Waals surface area (Å²) < 4.78 is 30.5. The zero-order valence-corrected chi connectivity index (χ0v) is 14.6. The van der Waals surface area contributed by atoms with Crippen LogP contribution in [0.3, 0.4) is 0 Å². The van der Waals surface area contributed by atoms with Crippen molar-refractivity contribution < 1.29 is 17.9 Å². The van der Waals surface area contributed by atoms with Crippen LogP contribution in [0.1, 0.15) is 18.1 Å². The molecule has 0 fully saturated rings. The fourth-order valence-corrected chi connectivity index (χ4v) is 3.20. The van der Waals surface area contributed by atoms with Crippen LogP contribution in [0.25, 0.3) is 0 Å². The molecule has 0 spiro atoms. The van der Waals surface area contributed by atoms with Gasteiger partial charge in [0.05, 0.1) is 31.5 Å². The van der Waals surface area contributed by atoms with Gasteiger partial charge in [-0.05, 0) is 30.2 Å². The first-order valence-corrected chi connectivity index (χ1v) is 9.51. The Morgan fingerprint density at radius 2 is 1.62 bits per heavy atom. The van der Waals surface area contributed by atoms with Crippen LogP contribution in [0.2, 0.25) is 0 Å². The Morgan fingerprint density at radius 3 is 2.17 bits per heavy atom. The van der Waals surface area contributed by atoms with Gasteiger partial charge in [0.25, 0.3) is 0 Å². The summed E-state index contributed by atoms with van der Waals surface area (Å²) in [5, 5.41) is 0. The summed E-state index contributed by atoms with van der Waals surface area (Å²) in [6.07, 6.45) is 1.36. The average Bonchev–Trinajstić information content (AvgIpc) is 2.54. The summed E-state index contributed by atoms with van der Waals surface area (Å²) in [6, 6.07) is 16.3. The number of hydrogen-bond donors (Lipinski definition) is 0. The second-order valence-corrected chi connectivity index (χ2v) is 7.31. The molecule has 5 nitrogen and oxygen atoms in total. The van der Waals surface area contributed by atoms with E-state index in [1.807, 2.05) is 30.3 Å². The van der Waals surface area contributed by atoms with E-state index in [4.69, 9.17) is 4.74 Å². The van der Waals surface area contributed by atoms with Crippen LogP contribution in [0.15, 0.2) is 54.6 Å². The molecule has 0 atom stereocenters. The van der Waals surface area contributed by atoms with Crippen molar-refractivity contribution in [3.63, 3.8) is 0 Å². The molecule has 0 N–H and O–H groups in total. The third-order valence-corrected chi connectivity index (χ3v) is 4.59. The van der Waals surface area contributed by atoms with Crippen molar-refractivity contribution in [2.75, 3.05) is 17.2 Å². The first kappa shape index (κ1) is 18.0. The molecule has 0 saturated carbocycles. The fraction of sp³-hybridized carbons (Fsp3) is 0.278. The van der Waals surface area contributed by atoms with Gasteiger partial charge in [-0.1, -0.05) is 42.5 Å². The normalized spacial score (nSPS) is 11.1. The van der Waals surface area contributed by atoms with Gasteiger partial charge in [0.1, 0.15) is 0 Å².